The summed E-state index contributed by atoms with van der Waals surface area (Å²) >= 11 is 9.03. The monoisotopic (exact) mass is 354 g/mol. The average Bonchev–Trinajstić information content (AvgIpc) is 2.83. The lowest BCUT2D eigenvalue weighted by Gasteiger charge is -2.23. The van der Waals surface area contributed by atoms with Gasteiger partial charge in [0.2, 0.25) is 0 Å². The fraction of sp³-hybridized carbons (Fsp3) is 0.357. The Balaban J connectivity index is 1.81. The molecule has 0 atom stereocenters. The van der Waals surface area contributed by atoms with Crippen LogP contribution in [0.2, 0.25) is 0 Å². The maximum absolute atomic E-state index is 5.58. The molecule has 0 aliphatic carbocycles. The van der Waals surface area contributed by atoms with Gasteiger partial charge in [-0.15, -0.1) is 0 Å². The first-order chi connectivity index (χ1) is 9.74. The van der Waals surface area contributed by atoms with Gasteiger partial charge in [0, 0.05) is 22.6 Å². The van der Waals surface area contributed by atoms with Gasteiger partial charge in [0.05, 0.1) is 13.2 Å². The number of imidazole rings is 1. The van der Waals surface area contributed by atoms with E-state index in [0.29, 0.717) is 0 Å². The minimum atomic E-state index is 0.839. The van der Waals surface area contributed by atoms with E-state index in [0.717, 1.165) is 47.9 Å². The Morgan fingerprint density at radius 2 is 1.85 bits per heavy atom. The van der Waals surface area contributed by atoms with Gasteiger partial charge in [-0.3, -0.25) is 9.13 Å². The molecule has 1 aliphatic heterocycles. The molecular formula is C14H17BrN3OS+. The number of morpholine rings is 1. The Morgan fingerprint density at radius 3 is 2.55 bits per heavy atom. The molecule has 1 aromatic heterocycles. The highest BCUT2D eigenvalue weighted by Gasteiger charge is 2.14. The number of hydrogen-bond acceptors (Lipinski definition) is 2. The van der Waals surface area contributed by atoms with Crippen molar-refractivity contribution >= 4 is 28.1 Å². The van der Waals surface area contributed by atoms with Gasteiger partial charge in [-0.05, 0) is 36.5 Å². The van der Waals surface area contributed by atoms with Crippen LogP contribution in [0.25, 0.3) is 5.69 Å². The molecule has 106 valence electrons. The molecule has 1 fully saturated rings. The van der Waals surface area contributed by atoms with Crippen LogP contribution in [0, 0.1) is 4.77 Å². The van der Waals surface area contributed by atoms with Crippen LogP contribution >= 0.6 is 28.1 Å². The molecule has 0 amide bonds. The minimum absolute atomic E-state index is 0.839. The van der Waals surface area contributed by atoms with E-state index in [9.17, 15) is 0 Å². The van der Waals surface area contributed by atoms with Gasteiger partial charge in [-0.1, -0.05) is 15.9 Å². The molecule has 3 rings (SSSR count). The number of nitrogens with zero attached hydrogens (tertiary/aromatic N) is 2. The number of halogens is 1. The molecule has 0 unspecified atom stereocenters. The van der Waals surface area contributed by atoms with Crippen LogP contribution in [0.15, 0.2) is 41.1 Å². The van der Waals surface area contributed by atoms with E-state index >= 15 is 0 Å². The lowest BCUT2D eigenvalue weighted by molar-refractivity contribution is -0.930. The number of quaternary nitrogens is 1. The fourth-order valence-corrected chi connectivity index (χ4v) is 2.95. The zero-order chi connectivity index (χ0) is 13.9. The van der Waals surface area contributed by atoms with Crippen molar-refractivity contribution in [1.82, 2.24) is 9.13 Å². The van der Waals surface area contributed by atoms with Crippen LogP contribution in [0.4, 0.5) is 0 Å². The predicted octanol–water partition coefficient (Wildman–Crippen LogP) is 1.64. The summed E-state index contributed by atoms with van der Waals surface area (Å²) in [7, 11) is 0. The maximum Gasteiger partial charge on any atom is 0.188 e. The van der Waals surface area contributed by atoms with Crippen LogP contribution < -0.4 is 4.90 Å². The molecule has 1 aromatic carbocycles. The van der Waals surface area contributed by atoms with E-state index in [4.69, 9.17) is 17.0 Å². The second-order valence-electron chi connectivity index (χ2n) is 4.92. The van der Waals surface area contributed by atoms with Crippen molar-refractivity contribution in [2.24, 2.45) is 0 Å². The van der Waals surface area contributed by atoms with Crippen LogP contribution in [0.1, 0.15) is 0 Å². The number of aromatic nitrogens is 2. The molecule has 1 N–H and O–H groups in total. The Morgan fingerprint density at radius 1 is 1.15 bits per heavy atom. The second kappa shape index (κ2) is 6.22. The molecule has 0 bridgehead atoms. The Hall–Kier alpha value is -0.950. The van der Waals surface area contributed by atoms with Gasteiger partial charge in [-0.25, -0.2) is 0 Å². The third kappa shape index (κ3) is 3.03. The van der Waals surface area contributed by atoms with Crippen molar-refractivity contribution in [2.75, 3.05) is 26.3 Å². The molecule has 0 saturated carbocycles. The summed E-state index contributed by atoms with van der Waals surface area (Å²) in [6, 6.07) is 8.18. The van der Waals surface area contributed by atoms with Crippen molar-refractivity contribution in [3.8, 4) is 5.69 Å². The molecule has 20 heavy (non-hydrogen) atoms. The van der Waals surface area contributed by atoms with E-state index in [2.05, 4.69) is 38.8 Å². The summed E-state index contributed by atoms with van der Waals surface area (Å²) in [4.78, 5) is 1.51. The number of rotatable bonds is 3. The fourth-order valence-electron chi connectivity index (χ4n) is 2.39. The summed E-state index contributed by atoms with van der Waals surface area (Å²) in [5.74, 6) is 0. The van der Waals surface area contributed by atoms with Crippen LogP contribution in [0.5, 0.6) is 0 Å². The van der Waals surface area contributed by atoms with Gasteiger partial charge in [0.25, 0.3) is 0 Å². The first-order valence-corrected chi connectivity index (χ1v) is 7.89. The Labute approximate surface area is 131 Å². The van der Waals surface area contributed by atoms with Crippen molar-refractivity contribution in [1.29, 1.82) is 0 Å². The second-order valence-corrected chi connectivity index (χ2v) is 6.20. The van der Waals surface area contributed by atoms with Crippen LogP contribution in [-0.4, -0.2) is 35.4 Å². The highest BCUT2D eigenvalue weighted by Crippen LogP contribution is 2.14. The third-order valence-electron chi connectivity index (χ3n) is 3.55. The van der Waals surface area contributed by atoms with Gasteiger partial charge in [0.15, 0.2) is 11.4 Å². The summed E-state index contributed by atoms with van der Waals surface area (Å²) in [6.07, 6.45) is 4.10. The highest BCUT2D eigenvalue weighted by atomic mass is 79.9. The molecule has 2 heterocycles. The van der Waals surface area contributed by atoms with Crippen molar-refractivity contribution in [3.05, 3.63) is 45.9 Å². The molecule has 0 spiro atoms. The molecular weight excluding hydrogens is 338 g/mol. The zero-order valence-electron chi connectivity index (χ0n) is 11.1. The summed E-state index contributed by atoms with van der Waals surface area (Å²) in [5, 5.41) is 0. The van der Waals surface area contributed by atoms with E-state index < -0.39 is 0 Å². The minimum Gasteiger partial charge on any atom is -0.370 e. The van der Waals surface area contributed by atoms with Gasteiger partial charge in [0.1, 0.15) is 13.1 Å². The van der Waals surface area contributed by atoms with Crippen molar-refractivity contribution in [2.45, 2.75) is 6.67 Å². The van der Waals surface area contributed by atoms with Gasteiger partial charge in [-0.2, -0.15) is 0 Å². The van der Waals surface area contributed by atoms with Gasteiger partial charge >= 0.3 is 0 Å². The molecule has 1 aliphatic rings. The summed E-state index contributed by atoms with van der Waals surface area (Å²) in [5.41, 5.74) is 1.09. The standard InChI is InChI=1S/C14H16BrN3OS/c15-12-1-3-13(4-2-12)18-6-5-17(14(18)20)11-16-7-9-19-10-8-16/h1-6H,7-11H2/p+1. The lowest BCUT2D eigenvalue weighted by atomic mass is 10.3. The maximum atomic E-state index is 5.58. The third-order valence-corrected chi connectivity index (χ3v) is 4.51. The Bertz CT molecular complexity index is 629. The molecule has 2 aromatic rings. The summed E-state index contributed by atoms with van der Waals surface area (Å²) in [6.45, 7) is 4.69. The topological polar surface area (TPSA) is 23.5 Å². The molecule has 4 nitrogen and oxygen atoms in total. The van der Waals surface area contributed by atoms with Crippen molar-refractivity contribution < 1.29 is 9.64 Å². The summed E-state index contributed by atoms with van der Waals surface area (Å²) < 4.78 is 11.5. The Kier molecular flexibility index (Phi) is 4.35. The zero-order valence-corrected chi connectivity index (χ0v) is 13.5. The number of ether oxygens (including phenoxy) is 1. The van der Waals surface area contributed by atoms with E-state index in [1.165, 1.54) is 4.90 Å². The predicted molar refractivity (Wildman–Crippen MR) is 83.8 cm³/mol. The SMILES string of the molecule is S=c1n(C[NH+]2CCOCC2)ccn1-c1ccc(Br)cc1. The quantitative estimate of drug-likeness (QED) is 0.847. The number of benzene rings is 1. The van der Waals surface area contributed by atoms with Crippen molar-refractivity contribution in [3.63, 3.8) is 0 Å². The first kappa shape index (κ1) is 14.0. The average molecular weight is 355 g/mol. The largest absolute Gasteiger partial charge is 0.370 e. The number of hydrogen-bond donors (Lipinski definition) is 1. The van der Waals surface area contributed by atoms with Gasteiger partial charge < -0.3 is 9.64 Å². The molecule has 0 radical (unpaired) electrons. The first-order valence-electron chi connectivity index (χ1n) is 6.69. The molecule has 6 heteroatoms. The number of nitrogens with one attached hydrogen (secondary N) is 1. The van der Waals surface area contributed by atoms with E-state index in [1.54, 1.807) is 0 Å². The highest BCUT2D eigenvalue weighted by molar-refractivity contribution is 9.10. The van der Waals surface area contributed by atoms with Crippen LogP contribution in [-0.2, 0) is 11.4 Å². The van der Waals surface area contributed by atoms with E-state index in [1.807, 2.05) is 22.9 Å². The lowest BCUT2D eigenvalue weighted by Crippen LogP contribution is -3.13. The normalized spacial score (nSPS) is 16.4. The smallest absolute Gasteiger partial charge is 0.188 e. The molecule has 1 saturated heterocycles. The van der Waals surface area contributed by atoms with Crippen LogP contribution in [0.3, 0.4) is 0 Å². The van der Waals surface area contributed by atoms with E-state index in [-0.39, 0.29) is 0 Å².